The lowest BCUT2D eigenvalue weighted by atomic mass is 10.1. The number of aromatic carboxylic acids is 1. The summed E-state index contributed by atoms with van der Waals surface area (Å²) in [6.07, 6.45) is 0. The van der Waals surface area contributed by atoms with Gasteiger partial charge in [0.25, 0.3) is 0 Å². The van der Waals surface area contributed by atoms with Crippen molar-refractivity contribution in [3.05, 3.63) is 65.2 Å². The second kappa shape index (κ2) is 9.05. The molecule has 24 heavy (non-hydrogen) atoms. The fraction of sp³-hybridized carbons (Fsp3) is 0.316. The van der Waals surface area contributed by atoms with Gasteiger partial charge in [0.1, 0.15) is 5.75 Å². The highest BCUT2D eigenvalue weighted by Gasteiger charge is 2.12. The Balaban J connectivity index is 2.05. The highest BCUT2D eigenvalue weighted by molar-refractivity contribution is 5.87. The van der Waals surface area contributed by atoms with Crippen LogP contribution in [0.4, 0.5) is 0 Å². The normalized spacial score (nSPS) is 11.9. The summed E-state index contributed by atoms with van der Waals surface area (Å²) in [4.78, 5) is 11.0. The monoisotopic (exact) mass is 329 g/mol. The third-order valence-electron chi connectivity index (χ3n) is 3.65. The Bertz CT molecular complexity index is 655. The Hall–Kier alpha value is -2.37. The second-order valence-corrected chi connectivity index (χ2v) is 5.40. The largest absolute Gasteiger partial charge is 0.494 e. The van der Waals surface area contributed by atoms with E-state index in [1.54, 1.807) is 25.3 Å². The van der Waals surface area contributed by atoms with Crippen LogP contribution in [-0.2, 0) is 11.3 Å². The van der Waals surface area contributed by atoms with E-state index in [4.69, 9.17) is 14.6 Å². The molecule has 0 bridgehead atoms. The van der Waals surface area contributed by atoms with Crippen molar-refractivity contribution < 1.29 is 19.4 Å². The Morgan fingerprint density at radius 1 is 1.21 bits per heavy atom. The fourth-order valence-corrected chi connectivity index (χ4v) is 2.46. The van der Waals surface area contributed by atoms with Gasteiger partial charge in [0.05, 0.1) is 24.8 Å². The van der Waals surface area contributed by atoms with Gasteiger partial charge >= 0.3 is 5.97 Å². The maximum atomic E-state index is 11.0. The molecule has 2 aromatic carbocycles. The Morgan fingerprint density at radius 3 is 2.58 bits per heavy atom. The summed E-state index contributed by atoms with van der Waals surface area (Å²) in [5, 5.41) is 12.5. The molecule has 128 valence electrons. The first-order chi connectivity index (χ1) is 11.6. The van der Waals surface area contributed by atoms with Crippen LogP contribution in [0.2, 0.25) is 0 Å². The zero-order valence-electron chi connectivity index (χ0n) is 14.0. The number of carboxylic acid groups (broad SMARTS) is 1. The van der Waals surface area contributed by atoms with Crippen LogP contribution in [0.15, 0.2) is 48.5 Å². The summed E-state index contributed by atoms with van der Waals surface area (Å²) >= 11 is 0. The molecule has 0 saturated heterocycles. The lowest BCUT2D eigenvalue weighted by Gasteiger charge is -2.19. The van der Waals surface area contributed by atoms with Crippen molar-refractivity contribution in [2.45, 2.75) is 19.5 Å². The van der Waals surface area contributed by atoms with Crippen molar-refractivity contribution in [2.75, 3.05) is 20.3 Å². The molecule has 0 aliphatic heterocycles. The molecule has 2 aromatic rings. The first kappa shape index (κ1) is 18.0. The van der Waals surface area contributed by atoms with Crippen LogP contribution in [0, 0.1) is 0 Å². The molecule has 0 spiro atoms. The lowest BCUT2D eigenvalue weighted by Crippen LogP contribution is -2.25. The van der Waals surface area contributed by atoms with E-state index in [0.717, 1.165) is 16.9 Å². The number of ether oxygens (including phenoxy) is 2. The zero-order valence-corrected chi connectivity index (χ0v) is 14.0. The topological polar surface area (TPSA) is 67.8 Å². The van der Waals surface area contributed by atoms with Gasteiger partial charge in [-0.2, -0.15) is 0 Å². The molecular formula is C19H23NO4. The van der Waals surface area contributed by atoms with E-state index in [2.05, 4.69) is 5.32 Å². The first-order valence-electron chi connectivity index (χ1n) is 7.91. The molecule has 0 aliphatic carbocycles. The van der Waals surface area contributed by atoms with Gasteiger partial charge in [0.15, 0.2) is 0 Å². The summed E-state index contributed by atoms with van der Waals surface area (Å²) in [7, 11) is 1.66. The van der Waals surface area contributed by atoms with Gasteiger partial charge in [-0.25, -0.2) is 4.79 Å². The molecule has 0 heterocycles. The van der Waals surface area contributed by atoms with Crippen LogP contribution in [0.1, 0.15) is 34.5 Å². The molecular weight excluding hydrogens is 306 g/mol. The molecule has 0 aliphatic rings. The second-order valence-electron chi connectivity index (χ2n) is 5.40. The zero-order chi connectivity index (χ0) is 17.4. The molecule has 1 atom stereocenters. The van der Waals surface area contributed by atoms with Gasteiger partial charge in [0.2, 0.25) is 0 Å². The number of benzene rings is 2. The van der Waals surface area contributed by atoms with Crippen molar-refractivity contribution in [1.29, 1.82) is 0 Å². The molecule has 0 fully saturated rings. The Morgan fingerprint density at radius 2 is 1.96 bits per heavy atom. The smallest absolute Gasteiger partial charge is 0.335 e. The highest BCUT2D eigenvalue weighted by atomic mass is 16.5. The van der Waals surface area contributed by atoms with Gasteiger partial charge in [-0.05, 0) is 42.3 Å². The summed E-state index contributed by atoms with van der Waals surface area (Å²) in [6.45, 7) is 3.67. The molecule has 0 radical (unpaired) electrons. The molecule has 0 saturated carbocycles. The van der Waals surface area contributed by atoms with Crippen molar-refractivity contribution in [2.24, 2.45) is 0 Å². The fourth-order valence-electron chi connectivity index (χ4n) is 2.46. The maximum Gasteiger partial charge on any atom is 0.335 e. The minimum atomic E-state index is -0.920. The molecule has 1 unspecified atom stereocenters. The summed E-state index contributed by atoms with van der Waals surface area (Å²) in [5.41, 5.74) is 2.30. The average molecular weight is 329 g/mol. The minimum Gasteiger partial charge on any atom is -0.494 e. The molecule has 5 nitrogen and oxygen atoms in total. The maximum absolute atomic E-state index is 11.0. The van der Waals surface area contributed by atoms with Crippen LogP contribution in [-0.4, -0.2) is 31.4 Å². The summed E-state index contributed by atoms with van der Waals surface area (Å²) in [5.74, 6) is -0.0802. The SMILES string of the molecule is CCOc1ccc(C(COC)NCc2cccc(C(=O)O)c2)cc1. The number of carboxylic acids is 1. The number of carbonyl (C=O) groups is 1. The van der Waals surface area contributed by atoms with E-state index in [1.165, 1.54) is 0 Å². The quantitative estimate of drug-likeness (QED) is 0.739. The van der Waals surface area contributed by atoms with Gasteiger partial charge in [-0.3, -0.25) is 0 Å². The van der Waals surface area contributed by atoms with Crippen LogP contribution >= 0.6 is 0 Å². The van der Waals surface area contributed by atoms with E-state index in [1.807, 2.05) is 37.3 Å². The Kier molecular flexibility index (Phi) is 6.78. The molecule has 2 N–H and O–H groups in total. The highest BCUT2D eigenvalue weighted by Crippen LogP contribution is 2.19. The van der Waals surface area contributed by atoms with Gasteiger partial charge in [0, 0.05) is 13.7 Å². The van der Waals surface area contributed by atoms with E-state index < -0.39 is 5.97 Å². The van der Waals surface area contributed by atoms with E-state index in [0.29, 0.717) is 25.3 Å². The van der Waals surface area contributed by atoms with Gasteiger partial charge < -0.3 is 19.9 Å². The van der Waals surface area contributed by atoms with Gasteiger partial charge in [-0.1, -0.05) is 24.3 Å². The number of rotatable bonds is 9. The lowest BCUT2D eigenvalue weighted by molar-refractivity contribution is 0.0696. The minimum absolute atomic E-state index is 0.0131. The molecule has 0 amide bonds. The van der Waals surface area contributed by atoms with E-state index >= 15 is 0 Å². The van der Waals surface area contributed by atoms with Crippen molar-refractivity contribution in [3.8, 4) is 5.75 Å². The number of nitrogens with one attached hydrogen (secondary N) is 1. The number of hydrogen-bond donors (Lipinski definition) is 2. The van der Waals surface area contributed by atoms with Gasteiger partial charge in [-0.15, -0.1) is 0 Å². The number of hydrogen-bond acceptors (Lipinski definition) is 4. The average Bonchev–Trinajstić information content (AvgIpc) is 2.60. The van der Waals surface area contributed by atoms with Crippen LogP contribution < -0.4 is 10.1 Å². The van der Waals surface area contributed by atoms with Crippen LogP contribution in [0.5, 0.6) is 5.75 Å². The third kappa shape index (κ3) is 5.08. The standard InChI is InChI=1S/C19H23NO4/c1-3-24-17-9-7-15(8-10-17)18(13-23-2)20-12-14-5-4-6-16(11-14)19(21)22/h4-11,18,20H,3,12-13H2,1-2H3,(H,21,22). The predicted octanol–water partition coefficient (Wildman–Crippen LogP) is 3.26. The van der Waals surface area contributed by atoms with E-state index in [9.17, 15) is 4.79 Å². The third-order valence-corrected chi connectivity index (χ3v) is 3.65. The van der Waals surface area contributed by atoms with Crippen LogP contribution in [0.3, 0.4) is 0 Å². The molecule has 0 aromatic heterocycles. The van der Waals surface area contributed by atoms with E-state index in [-0.39, 0.29) is 6.04 Å². The summed E-state index contributed by atoms with van der Waals surface area (Å²) in [6, 6.07) is 14.8. The van der Waals surface area contributed by atoms with Crippen molar-refractivity contribution in [3.63, 3.8) is 0 Å². The first-order valence-corrected chi connectivity index (χ1v) is 7.91. The molecule has 2 rings (SSSR count). The van der Waals surface area contributed by atoms with Crippen molar-refractivity contribution >= 4 is 5.97 Å². The number of methoxy groups -OCH3 is 1. The Labute approximate surface area is 142 Å². The predicted molar refractivity (Wildman–Crippen MR) is 92.5 cm³/mol. The molecule has 5 heteroatoms. The summed E-state index contributed by atoms with van der Waals surface area (Å²) < 4.78 is 10.8. The van der Waals surface area contributed by atoms with Crippen molar-refractivity contribution in [1.82, 2.24) is 5.32 Å². The van der Waals surface area contributed by atoms with Crippen LogP contribution in [0.25, 0.3) is 0 Å².